The van der Waals surface area contributed by atoms with Crippen LogP contribution >= 0.6 is 0 Å². The average Bonchev–Trinajstić information content (AvgIpc) is 2.67. The van der Waals surface area contributed by atoms with Gasteiger partial charge in [0.2, 0.25) is 0 Å². The van der Waals surface area contributed by atoms with Crippen molar-refractivity contribution in [1.29, 1.82) is 0 Å². The molecule has 0 unspecified atom stereocenters. The summed E-state index contributed by atoms with van der Waals surface area (Å²) in [5.74, 6) is -0.194. The SMILES string of the molecule is Cc1cc(N)c(NC(=O)c2cnn(C)c2C)cc1C. The Labute approximate surface area is 112 Å². The number of anilines is 2. The van der Waals surface area contributed by atoms with Gasteiger partial charge in [0.25, 0.3) is 5.91 Å². The summed E-state index contributed by atoms with van der Waals surface area (Å²) in [5.41, 5.74) is 10.7. The van der Waals surface area contributed by atoms with E-state index in [1.54, 1.807) is 17.9 Å². The second kappa shape index (κ2) is 4.76. The van der Waals surface area contributed by atoms with Gasteiger partial charge in [0.15, 0.2) is 0 Å². The Bertz CT molecular complexity index is 643. The first-order valence-corrected chi connectivity index (χ1v) is 6.07. The van der Waals surface area contributed by atoms with E-state index in [-0.39, 0.29) is 5.91 Å². The highest BCUT2D eigenvalue weighted by atomic mass is 16.1. The molecule has 2 aromatic rings. The quantitative estimate of drug-likeness (QED) is 0.811. The van der Waals surface area contributed by atoms with E-state index < -0.39 is 0 Å². The maximum atomic E-state index is 12.2. The van der Waals surface area contributed by atoms with Crippen LogP contribution in [0.15, 0.2) is 18.3 Å². The van der Waals surface area contributed by atoms with E-state index >= 15 is 0 Å². The van der Waals surface area contributed by atoms with Crippen LogP contribution in [-0.4, -0.2) is 15.7 Å². The first-order chi connectivity index (χ1) is 8.90. The first kappa shape index (κ1) is 13.1. The highest BCUT2D eigenvalue weighted by molar-refractivity contribution is 6.06. The number of aromatic nitrogens is 2. The molecule has 0 spiro atoms. The normalized spacial score (nSPS) is 10.5. The van der Waals surface area contributed by atoms with Crippen LogP contribution in [0.2, 0.25) is 0 Å². The minimum atomic E-state index is -0.194. The summed E-state index contributed by atoms with van der Waals surface area (Å²) < 4.78 is 1.67. The molecule has 1 amide bonds. The van der Waals surface area contributed by atoms with Gasteiger partial charge in [-0.15, -0.1) is 0 Å². The van der Waals surface area contributed by atoms with Gasteiger partial charge >= 0.3 is 0 Å². The fraction of sp³-hybridized carbons (Fsp3) is 0.286. The van der Waals surface area contributed by atoms with Gasteiger partial charge in [0, 0.05) is 12.7 Å². The summed E-state index contributed by atoms with van der Waals surface area (Å²) in [5, 5.41) is 6.89. The zero-order valence-corrected chi connectivity index (χ0v) is 11.6. The Balaban J connectivity index is 2.29. The van der Waals surface area contributed by atoms with E-state index in [1.165, 1.54) is 0 Å². The van der Waals surface area contributed by atoms with Gasteiger partial charge in [-0.1, -0.05) is 0 Å². The summed E-state index contributed by atoms with van der Waals surface area (Å²) in [6.07, 6.45) is 1.56. The number of aryl methyl sites for hydroxylation is 3. The molecule has 3 N–H and O–H groups in total. The molecule has 0 aliphatic heterocycles. The Morgan fingerprint density at radius 2 is 1.89 bits per heavy atom. The van der Waals surface area contributed by atoms with Gasteiger partial charge < -0.3 is 11.1 Å². The number of nitrogens with two attached hydrogens (primary N) is 1. The number of carbonyl (C=O) groups excluding carboxylic acids is 1. The number of nitrogens with one attached hydrogen (secondary N) is 1. The minimum absolute atomic E-state index is 0.194. The van der Waals surface area contributed by atoms with Crippen molar-refractivity contribution in [3.05, 3.63) is 40.7 Å². The number of hydrogen-bond acceptors (Lipinski definition) is 3. The van der Waals surface area contributed by atoms with Crippen LogP contribution in [0.4, 0.5) is 11.4 Å². The molecular weight excluding hydrogens is 240 g/mol. The van der Waals surface area contributed by atoms with Crippen LogP contribution in [0, 0.1) is 20.8 Å². The predicted octanol–water partition coefficient (Wildman–Crippen LogP) is 2.18. The van der Waals surface area contributed by atoms with Crippen LogP contribution in [-0.2, 0) is 7.05 Å². The Hall–Kier alpha value is -2.30. The number of rotatable bonds is 2. The summed E-state index contributed by atoms with van der Waals surface area (Å²) >= 11 is 0. The topological polar surface area (TPSA) is 72.9 Å². The summed E-state index contributed by atoms with van der Waals surface area (Å²) in [6.45, 7) is 5.83. The summed E-state index contributed by atoms with van der Waals surface area (Å²) in [4.78, 5) is 12.2. The molecule has 1 heterocycles. The van der Waals surface area contributed by atoms with Crippen molar-refractivity contribution < 1.29 is 4.79 Å². The monoisotopic (exact) mass is 258 g/mol. The van der Waals surface area contributed by atoms with Crippen molar-refractivity contribution in [2.45, 2.75) is 20.8 Å². The molecule has 1 aromatic heterocycles. The molecule has 0 fully saturated rings. The molecule has 1 aromatic carbocycles. The highest BCUT2D eigenvalue weighted by Crippen LogP contribution is 2.23. The largest absolute Gasteiger partial charge is 0.397 e. The Kier molecular flexibility index (Phi) is 3.29. The maximum Gasteiger partial charge on any atom is 0.259 e. The van der Waals surface area contributed by atoms with Crippen molar-refractivity contribution in [3.63, 3.8) is 0 Å². The molecule has 0 saturated heterocycles. The number of hydrogen-bond donors (Lipinski definition) is 2. The maximum absolute atomic E-state index is 12.2. The van der Waals surface area contributed by atoms with E-state index in [4.69, 9.17) is 5.73 Å². The molecule has 5 nitrogen and oxygen atoms in total. The molecule has 19 heavy (non-hydrogen) atoms. The smallest absolute Gasteiger partial charge is 0.259 e. The van der Waals surface area contributed by atoms with Gasteiger partial charge in [-0.3, -0.25) is 9.48 Å². The average molecular weight is 258 g/mol. The van der Waals surface area contributed by atoms with Crippen LogP contribution in [0.25, 0.3) is 0 Å². The lowest BCUT2D eigenvalue weighted by molar-refractivity contribution is 0.102. The van der Waals surface area contributed by atoms with Crippen molar-refractivity contribution in [2.24, 2.45) is 7.05 Å². The van der Waals surface area contributed by atoms with E-state index in [0.717, 1.165) is 16.8 Å². The highest BCUT2D eigenvalue weighted by Gasteiger charge is 2.14. The zero-order chi connectivity index (χ0) is 14.2. The molecule has 0 bridgehead atoms. The minimum Gasteiger partial charge on any atom is -0.397 e. The molecule has 5 heteroatoms. The standard InChI is InChI=1S/C14H18N4O/c1-8-5-12(15)13(6-9(8)2)17-14(19)11-7-16-18(4)10(11)3/h5-7H,15H2,1-4H3,(H,17,19). The second-order valence-electron chi connectivity index (χ2n) is 4.75. The van der Waals surface area contributed by atoms with Gasteiger partial charge in [-0.25, -0.2) is 0 Å². The molecule has 100 valence electrons. The third-order valence-corrected chi connectivity index (χ3v) is 3.39. The Morgan fingerprint density at radius 1 is 1.26 bits per heavy atom. The Morgan fingerprint density at radius 3 is 2.47 bits per heavy atom. The van der Waals surface area contributed by atoms with E-state index in [1.807, 2.05) is 32.9 Å². The lowest BCUT2D eigenvalue weighted by Gasteiger charge is -2.11. The predicted molar refractivity (Wildman–Crippen MR) is 76.2 cm³/mol. The molecule has 0 saturated carbocycles. The van der Waals surface area contributed by atoms with Crippen molar-refractivity contribution >= 4 is 17.3 Å². The van der Waals surface area contributed by atoms with Gasteiger partial charge in [0.05, 0.1) is 23.1 Å². The fourth-order valence-electron chi connectivity index (χ4n) is 1.86. The van der Waals surface area contributed by atoms with E-state index in [0.29, 0.717) is 16.9 Å². The van der Waals surface area contributed by atoms with Gasteiger partial charge in [-0.05, 0) is 44.0 Å². The first-order valence-electron chi connectivity index (χ1n) is 6.07. The number of amides is 1. The number of carbonyl (C=O) groups is 1. The zero-order valence-electron chi connectivity index (χ0n) is 11.6. The summed E-state index contributed by atoms with van der Waals surface area (Å²) in [7, 11) is 1.80. The van der Waals surface area contributed by atoms with Crippen molar-refractivity contribution in [3.8, 4) is 0 Å². The number of nitrogen functional groups attached to an aromatic ring is 1. The lowest BCUT2D eigenvalue weighted by atomic mass is 10.1. The van der Waals surface area contributed by atoms with Crippen LogP contribution in [0.1, 0.15) is 27.2 Å². The van der Waals surface area contributed by atoms with E-state index in [2.05, 4.69) is 10.4 Å². The molecule has 0 aliphatic carbocycles. The third-order valence-electron chi connectivity index (χ3n) is 3.39. The van der Waals surface area contributed by atoms with Crippen molar-refractivity contribution in [1.82, 2.24) is 9.78 Å². The third kappa shape index (κ3) is 2.45. The van der Waals surface area contributed by atoms with Crippen LogP contribution in [0.5, 0.6) is 0 Å². The number of benzene rings is 1. The summed E-state index contributed by atoms with van der Waals surface area (Å²) in [6, 6.07) is 3.75. The molecule has 0 atom stereocenters. The lowest BCUT2D eigenvalue weighted by Crippen LogP contribution is -2.14. The van der Waals surface area contributed by atoms with Gasteiger partial charge in [-0.2, -0.15) is 5.10 Å². The van der Waals surface area contributed by atoms with Crippen molar-refractivity contribution in [2.75, 3.05) is 11.1 Å². The molecular formula is C14H18N4O. The van der Waals surface area contributed by atoms with Gasteiger partial charge in [0.1, 0.15) is 0 Å². The van der Waals surface area contributed by atoms with Crippen LogP contribution in [0.3, 0.4) is 0 Å². The fourth-order valence-corrected chi connectivity index (χ4v) is 1.86. The van der Waals surface area contributed by atoms with Crippen LogP contribution < -0.4 is 11.1 Å². The molecule has 0 radical (unpaired) electrons. The van der Waals surface area contributed by atoms with E-state index in [9.17, 15) is 4.79 Å². The second-order valence-corrected chi connectivity index (χ2v) is 4.75. The molecule has 0 aliphatic rings. The molecule has 2 rings (SSSR count). The number of nitrogens with zero attached hydrogens (tertiary/aromatic N) is 2.